The molecular formula is C18H32N2. The summed E-state index contributed by atoms with van der Waals surface area (Å²) in [5, 5.41) is 3.61. The van der Waals surface area contributed by atoms with Crippen molar-refractivity contribution in [1.82, 2.24) is 0 Å². The molecule has 0 fully saturated rings. The summed E-state index contributed by atoms with van der Waals surface area (Å²) in [4.78, 5) is 2.56. The van der Waals surface area contributed by atoms with Crippen molar-refractivity contribution < 1.29 is 0 Å². The van der Waals surface area contributed by atoms with Crippen molar-refractivity contribution in [2.75, 3.05) is 29.9 Å². The Morgan fingerprint density at radius 3 is 2.05 bits per heavy atom. The van der Waals surface area contributed by atoms with E-state index in [1.807, 2.05) is 0 Å². The van der Waals surface area contributed by atoms with E-state index in [4.69, 9.17) is 0 Å². The summed E-state index contributed by atoms with van der Waals surface area (Å²) in [6.45, 7) is 10.2. The first-order valence-electron chi connectivity index (χ1n) is 8.41. The standard InChI is InChI=1S/C18H32N2/c1-4-7-14-19-17-12-10-11-13-18(17)20(15-8-5-2)16-9-6-3/h10-13,19H,4-9,14-16H2,1-3H3. The van der Waals surface area contributed by atoms with E-state index in [0.717, 1.165) is 6.54 Å². The average molecular weight is 276 g/mol. The lowest BCUT2D eigenvalue weighted by Crippen LogP contribution is -2.26. The molecule has 0 aliphatic rings. The van der Waals surface area contributed by atoms with Crippen LogP contribution >= 0.6 is 0 Å². The topological polar surface area (TPSA) is 15.3 Å². The van der Waals surface area contributed by atoms with Crippen LogP contribution in [0.4, 0.5) is 11.4 Å². The smallest absolute Gasteiger partial charge is 0.0602 e. The van der Waals surface area contributed by atoms with Crippen molar-refractivity contribution in [2.45, 2.75) is 59.3 Å². The van der Waals surface area contributed by atoms with E-state index >= 15 is 0 Å². The molecule has 0 aliphatic heterocycles. The minimum Gasteiger partial charge on any atom is -0.383 e. The van der Waals surface area contributed by atoms with Crippen molar-refractivity contribution >= 4 is 11.4 Å². The van der Waals surface area contributed by atoms with Gasteiger partial charge in [-0.1, -0.05) is 52.2 Å². The minimum atomic E-state index is 1.07. The van der Waals surface area contributed by atoms with Crippen LogP contribution in [0, 0.1) is 0 Å². The lowest BCUT2D eigenvalue weighted by atomic mass is 10.2. The Kier molecular flexibility index (Phi) is 8.93. The lowest BCUT2D eigenvalue weighted by molar-refractivity contribution is 0.678. The fourth-order valence-electron chi connectivity index (χ4n) is 2.35. The van der Waals surface area contributed by atoms with Gasteiger partial charge in [0, 0.05) is 19.6 Å². The van der Waals surface area contributed by atoms with Crippen LogP contribution in [0.1, 0.15) is 59.3 Å². The Morgan fingerprint density at radius 2 is 1.45 bits per heavy atom. The molecule has 1 aromatic carbocycles. The van der Waals surface area contributed by atoms with Gasteiger partial charge in [0.1, 0.15) is 0 Å². The maximum absolute atomic E-state index is 3.61. The number of para-hydroxylation sites is 2. The predicted molar refractivity (Wildman–Crippen MR) is 91.9 cm³/mol. The van der Waals surface area contributed by atoms with Gasteiger partial charge in [-0.05, 0) is 31.4 Å². The molecule has 0 spiro atoms. The first-order chi connectivity index (χ1) is 9.83. The first kappa shape index (κ1) is 16.9. The molecule has 0 atom stereocenters. The zero-order valence-corrected chi connectivity index (χ0v) is 13.6. The van der Waals surface area contributed by atoms with Gasteiger partial charge in [-0.15, -0.1) is 0 Å². The zero-order valence-electron chi connectivity index (χ0n) is 13.6. The van der Waals surface area contributed by atoms with Crippen LogP contribution in [0.5, 0.6) is 0 Å². The van der Waals surface area contributed by atoms with Crippen LogP contribution < -0.4 is 10.2 Å². The Balaban J connectivity index is 2.75. The van der Waals surface area contributed by atoms with E-state index < -0.39 is 0 Å². The van der Waals surface area contributed by atoms with E-state index in [0.29, 0.717) is 0 Å². The van der Waals surface area contributed by atoms with Crippen molar-refractivity contribution in [1.29, 1.82) is 0 Å². The quantitative estimate of drug-likeness (QED) is 0.551. The van der Waals surface area contributed by atoms with Crippen molar-refractivity contribution in [3.63, 3.8) is 0 Å². The maximum atomic E-state index is 3.61. The molecule has 2 heteroatoms. The molecule has 0 bridgehead atoms. The molecule has 0 saturated carbocycles. The van der Waals surface area contributed by atoms with E-state index in [2.05, 4.69) is 55.3 Å². The van der Waals surface area contributed by atoms with Crippen molar-refractivity contribution in [3.05, 3.63) is 24.3 Å². The second-order valence-corrected chi connectivity index (χ2v) is 5.49. The third kappa shape index (κ3) is 5.85. The summed E-state index contributed by atoms with van der Waals surface area (Å²) in [5.74, 6) is 0. The van der Waals surface area contributed by atoms with Gasteiger partial charge in [0.25, 0.3) is 0 Å². The molecule has 0 heterocycles. The first-order valence-corrected chi connectivity index (χ1v) is 8.41. The van der Waals surface area contributed by atoms with Crippen molar-refractivity contribution in [2.24, 2.45) is 0 Å². The van der Waals surface area contributed by atoms with Gasteiger partial charge < -0.3 is 10.2 Å². The van der Waals surface area contributed by atoms with Crippen LogP contribution in [-0.2, 0) is 0 Å². The molecule has 0 aromatic heterocycles. The predicted octanol–water partition coefficient (Wildman–Crippen LogP) is 5.31. The summed E-state index contributed by atoms with van der Waals surface area (Å²) in [6, 6.07) is 8.77. The molecule has 0 aliphatic carbocycles. The van der Waals surface area contributed by atoms with Gasteiger partial charge in [-0.2, -0.15) is 0 Å². The lowest BCUT2D eigenvalue weighted by Gasteiger charge is -2.27. The fraction of sp³-hybridized carbons (Fsp3) is 0.667. The third-order valence-electron chi connectivity index (χ3n) is 3.65. The number of benzene rings is 1. The second-order valence-electron chi connectivity index (χ2n) is 5.49. The highest BCUT2D eigenvalue weighted by molar-refractivity contribution is 5.70. The normalized spacial score (nSPS) is 10.6. The molecule has 0 amide bonds. The number of unbranched alkanes of at least 4 members (excludes halogenated alkanes) is 3. The van der Waals surface area contributed by atoms with E-state index in [1.165, 1.54) is 63.0 Å². The van der Waals surface area contributed by atoms with E-state index in [1.54, 1.807) is 0 Å². The van der Waals surface area contributed by atoms with Gasteiger partial charge in [0.05, 0.1) is 11.4 Å². The monoisotopic (exact) mass is 276 g/mol. The average Bonchev–Trinajstić information content (AvgIpc) is 2.48. The summed E-state index contributed by atoms with van der Waals surface area (Å²) in [5.41, 5.74) is 2.68. The summed E-state index contributed by atoms with van der Waals surface area (Å²) >= 11 is 0. The Hall–Kier alpha value is -1.18. The third-order valence-corrected chi connectivity index (χ3v) is 3.65. The van der Waals surface area contributed by atoms with Gasteiger partial charge in [0.15, 0.2) is 0 Å². The molecule has 1 N–H and O–H groups in total. The largest absolute Gasteiger partial charge is 0.383 e. The number of anilines is 2. The van der Waals surface area contributed by atoms with Gasteiger partial charge in [-0.3, -0.25) is 0 Å². The van der Waals surface area contributed by atoms with Gasteiger partial charge in [-0.25, -0.2) is 0 Å². The highest BCUT2D eigenvalue weighted by Gasteiger charge is 2.09. The number of hydrogen-bond acceptors (Lipinski definition) is 2. The van der Waals surface area contributed by atoms with Crippen LogP contribution in [-0.4, -0.2) is 19.6 Å². The molecule has 0 radical (unpaired) electrons. The molecule has 1 aromatic rings. The molecule has 20 heavy (non-hydrogen) atoms. The Labute approximate surface area is 125 Å². The molecular weight excluding hydrogens is 244 g/mol. The minimum absolute atomic E-state index is 1.07. The Bertz CT molecular complexity index is 341. The van der Waals surface area contributed by atoms with Gasteiger partial charge >= 0.3 is 0 Å². The molecule has 114 valence electrons. The number of rotatable bonds is 11. The van der Waals surface area contributed by atoms with Crippen LogP contribution in [0.2, 0.25) is 0 Å². The summed E-state index contributed by atoms with van der Waals surface area (Å²) < 4.78 is 0. The highest BCUT2D eigenvalue weighted by Crippen LogP contribution is 2.26. The van der Waals surface area contributed by atoms with Crippen LogP contribution in [0.3, 0.4) is 0 Å². The number of nitrogens with one attached hydrogen (secondary N) is 1. The van der Waals surface area contributed by atoms with Gasteiger partial charge in [0.2, 0.25) is 0 Å². The molecule has 2 nitrogen and oxygen atoms in total. The molecule has 0 unspecified atom stereocenters. The highest BCUT2D eigenvalue weighted by atomic mass is 15.1. The van der Waals surface area contributed by atoms with E-state index in [9.17, 15) is 0 Å². The number of nitrogens with zero attached hydrogens (tertiary/aromatic N) is 1. The maximum Gasteiger partial charge on any atom is 0.0602 e. The van der Waals surface area contributed by atoms with Crippen LogP contribution in [0.25, 0.3) is 0 Å². The molecule has 0 saturated heterocycles. The second kappa shape index (κ2) is 10.6. The SMILES string of the molecule is CCCCNc1ccccc1N(CCCC)CCCC. The van der Waals surface area contributed by atoms with Crippen LogP contribution in [0.15, 0.2) is 24.3 Å². The summed E-state index contributed by atoms with van der Waals surface area (Å²) in [6.07, 6.45) is 7.53. The van der Waals surface area contributed by atoms with Crippen molar-refractivity contribution in [3.8, 4) is 0 Å². The Morgan fingerprint density at radius 1 is 0.850 bits per heavy atom. The van der Waals surface area contributed by atoms with E-state index in [-0.39, 0.29) is 0 Å². The number of hydrogen-bond donors (Lipinski definition) is 1. The molecule has 1 rings (SSSR count). The summed E-state index contributed by atoms with van der Waals surface area (Å²) in [7, 11) is 0. The zero-order chi connectivity index (χ0) is 14.6. The fourth-order valence-corrected chi connectivity index (χ4v) is 2.35.